The molecule has 1 heterocycles. The molecule has 136 valence electrons. The largest absolute Gasteiger partial charge is 0.467 e. The monoisotopic (exact) mass is 409 g/mol. The van der Waals surface area contributed by atoms with Crippen LogP contribution in [0, 0.1) is 0 Å². The highest BCUT2D eigenvalue weighted by atomic mass is 35.5. The number of carbonyl (C=O) groups is 1. The summed E-state index contributed by atoms with van der Waals surface area (Å²) in [6, 6.07) is 13.5. The molecule has 0 unspecified atom stereocenters. The van der Waals surface area contributed by atoms with E-state index in [1.807, 2.05) is 0 Å². The van der Waals surface area contributed by atoms with Crippen LogP contribution >= 0.6 is 11.6 Å². The van der Waals surface area contributed by atoms with Gasteiger partial charge in [-0.2, -0.15) is 8.42 Å². The second-order valence-electron chi connectivity index (χ2n) is 6.07. The molecule has 0 saturated heterocycles. The van der Waals surface area contributed by atoms with Gasteiger partial charge in [-0.25, -0.2) is 0 Å². The summed E-state index contributed by atoms with van der Waals surface area (Å²) in [6.45, 7) is 0. The van der Waals surface area contributed by atoms with Gasteiger partial charge in [0, 0.05) is 5.02 Å². The third-order valence-electron chi connectivity index (χ3n) is 4.12. The Morgan fingerprint density at radius 1 is 1.11 bits per heavy atom. The van der Waals surface area contributed by atoms with Gasteiger partial charge in [0.05, 0.1) is 20.2 Å². The first kappa shape index (κ1) is 20.4. The van der Waals surface area contributed by atoms with Gasteiger partial charge in [0.1, 0.15) is 7.85 Å². The average molecular weight is 409 g/mol. The molecule has 28 heavy (non-hydrogen) atoms. The number of halogens is 1. The van der Waals surface area contributed by atoms with Gasteiger partial charge in [-0.3, -0.25) is 4.79 Å². The van der Waals surface area contributed by atoms with Gasteiger partial charge in [-0.05, 0) is 23.3 Å². The molecule has 2 N–H and O–H groups in total. The Balaban J connectivity index is 1.94. The van der Waals surface area contributed by atoms with Crippen molar-refractivity contribution in [1.82, 2.24) is 0 Å². The lowest BCUT2D eigenvalue weighted by Crippen LogP contribution is -2.40. The standard InChI is InChI=1S/C17H11B3ClNO5S/c18-16(11-7-4-8-12(21)9-11)14(23)13(15(22)26-16)27-28(24,25)17(19,20)10-5-2-1-3-6-10/h1-9H,22H2/t16-/m1/s1. The van der Waals surface area contributed by atoms with E-state index in [0.717, 1.165) is 0 Å². The Bertz CT molecular complexity index is 1080. The van der Waals surface area contributed by atoms with Gasteiger partial charge in [0.15, 0.2) is 5.50 Å². The van der Waals surface area contributed by atoms with Gasteiger partial charge in [0.2, 0.25) is 17.4 Å². The van der Waals surface area contributed by atoms with Gasteiger partial charge in [-0.1, -0.05) is 54.1 Å². The summed E-state index contributed by atoms with van der Waals surface area (Å²) in [5, 5.41) is 0.284. The first-order valence-corrected chi connectivity index (χ1v) is 9.63. The Morgan fingerprint density at radius 2 is 1.75 bits per heavy atom. The Kier molecular flexibility index (Phi) is 5.06. The number of Topliss-reactive ketones (excluding diaryl/α,β-unsaturated/α-hetero) is 1. The van der Waals surface area contributed by atoms with Crippen LogP contribution < -0.4 is 5.73 Å². The van der Waals surface area contributed by atoms with Gasteiger partial charge in [-0.15, -0.1) is 0 Å². The average Bonchev–Trinajstić information content (AvgIpc) is 2.86. The first-order chi connectivity index (χ1) is 13.0. The number of ether oxygens (including phenoxy) is 1. The molecule has 0 spiro atoms. The highest BCUT2D eigenvalue weighted by Crippen LogP contribution is 2.38. The third kappa shape index (κ3) is 3.31. The van der Waals surface area contributed by atoms with E-state index in [-0.39, 0.29) is 16.1 Å². The minimum Gasteiger partial charge on any atom is -0.467 e. The molecule has 3 rings (SSSR count). The minimum absolute atomic E-state index is 0.0365. The van der Waals surface area contributed by atoms with Crippen molar-refractivity contribution in [2.24, 2.45) is 5.73 Å². The van der Waals surface area contributed by atoms with Gasteiger partial charge >= 0.3 is 10.1 Å². The predicted octanol–water partition coefficient (Wildman–Crippen LogP) is 0.882. The lowest BCUT2D eigenvalue weighted by atomic mass is 9.65. The number of hydrogen-bond donors (Lipinski definition) is 1. The van der Waals surface area contributed by atoms with Crippen molar-refractivity contribution >= 4 is 51.0 Å². The van der Waals surface area contributed by atoms with Gasteiger partial charge < -0.3 is 14.7 Å². The van der Waals surface area contributed by atoms with Crippen molar-refractivity contribution in [2.45, 2.75) is 10.0 Å². The summed E-state index contributed by atoms with van der Waals surface area (Å²) in [4.78, 5) is 12.8. The number of carbonyl (C=O) groups excluding carboxylic acids is 1. The van der Waals surface area contributed by atoms with Crippen molar-refractivity contribution in [2.75, 3.05) is 0 Å². The van der Waals surface area contributed by atoms with E-state index in [4.69, 9.17) is 49.8 Å². The lowest BCUT2D eigenvalue weighted by Gasteiger charge is -2.26. The zero-order valence-corrected chi connectivity index (χ0v) is 15.9. The lowest BCUT2D eigenvalue weighted by molar-refractivity contribution is -0.126. The Hall–Kier alpha value is -2.32. The molecule has 0 fully saturated rings. The number of ketones is 1. The maximum atomic E-state index is 12.8. The number of nitrogens with two attached hydrogens (primary N) is 1. The summed E-state index contributed by atoms with van der Waals surface area (Å²) in [7, 11) is 12.8. The second kappa shape index (κ2) is 6.94. The normalized spacial score (nSPS) is 20.1. The van der Waals surface area contributed by atoms with E-state index in [9.17, 15) is 13.2 Å². The van der Waals surface area contributed by atoms with E-state index < -0.39 is 37.6 Å². The molecule has 11 heteroatoms. The fourth-order valence-corrected chi connectivity index (χ4v) is 3.69. The van der Waals surface area contributed by atoms with Crippen LogP contribution in [0.1, 0.15) is 11.1 Å². The van der Waals surface area contributed by atoms with Crippen LogP contribution in [0.3, 0.4) is 0 Å². The van der Waals surface area contributed by atoms with Gasteiger partial charge in [0.25, 0.3) is 0 Å². The highest BCUT2D eigenvalue weighted by molar-refractivity contribution is 7.90. The molecule has 0 saturated carbocycles. The maximum absolute atomic E-state index is 12.8. The topological polar surface area (TPSA) is 95.7 Å². The Morgan fingerprint density at radius 3 is 2.36 bits per heavy atom. The van der Waals surface area contributed by atoms with Crippen LogP contribution in [0.5, 0.6) is 0 Å². The summed E-state index contributed by atoms with van der Waals surface area (Å²) >= 11 is 5.91. The first-order valence-electron chi connectivity index (χ1n) is 7.85. The summed E-state index contributed by atoms with van der Waals surface area (Å²) in [6.07, 6.45) is 0. The number of benzene rings is 2. The van der Waals surface area contributed by atoms with Crippen molar-refractivity contribution in [3.05, 3.63) is 82.4 Å². The molecule has 0 aliphatic carbocycles. The zero-order chi connectivity index (χ0) is 20.7. The number of hydrogen-bond acceptors (Lipinski definition) is 6. The molecule has 1 aliphatic heterocycles. The molecule has 0 amide bonds. The number of rotatable bonds is 5. The van der Waals surface area contributed by atoms with Crippen LogP contribution in [-0.2, 0) is 33.9 Å². The van der Waals surface area contributed by atoms with E-state index >= 15 is 0 Å². The maximum Gasteiger partial charge on any atom is 0.302 e. The molecular weight excluding hydrogens is 398 g/mol. The zero-order valence-electron chi connectivity index (χ0n) is 14.3. The van der Waals surface area contributed by atoms with Crippen molar-refractivity contribution in [3.8, 4) is 0 Å². The van der Waals surface area contributed by atoms with Crippen LogP contribution in [0.15, 0.2) is 66.2 Å². The van der Waals surface area contributed by atoms with Crippen LogP contribution in [0.25, 0.3) is 0 Å². The van der Waals surface area contributed by atoms with Crippen LogP contribution in [-0.4, -0.2) is 37.7 Å². The third-order valence-corrected chi connectivity index (χ3v) is 5.81. The van der Waals surface area contributed by atoms with Crippen LogP contribution in [0.4, 0.5) is 0 Å². The highest BCUT2D eigenvalue weighted by Gasteiger charge is 2.50. The SMILES string of the molecule is [B]C([B])(c1ccccc1)S(=O)(=O)OC1=C(N)O[C@]([B])(c2cccc(Cl)c2)C1=O. The quantitative estimate of drug-likeness (QED) is 0.582. The van der Waals surface area contributed by atoms with E-state index in [2.05, 4.69) is 0 Å². The molecule has 2 aromatic carbocycles. The molecule has 1 aliphatic rings. The smallest absolute Gasteiger partial charge is 0.302 e. The summed E-state index contributed by atoms with van der Waals surface area (Å²) < 4.78 is 33.0. The predicted molar refractivity (Wildman–Crippen MR) is 106 cm³/mol. The summed E-state index contributed by atoms with van der Waals surface area (Å²) in [5.41, 5.74) is 3.74. The van der Waals surface area contributed by atoms with E-state index in [0.29, 0.717) is 0 Å². The molecule has 0 aromatic heterocycles. The molecule has 2 aromatic rings. The fraction of sp³-hybridized carbons (Fsp3) is 0.118. The van der Waals surface area contributed by atoms with E-state index in [1.54, 1.807) is 24.3 Å². The molecule has 0 bridgehead atoms. The van der Waals surface area contributed by atoms with Crippen molar-refractivity contribution in [1.29, 1.82) is 0 Å². The van der Waals surface area contributed by atoms with Crippen LogP contribution in [0.2, 0.25) is 5.02 Å². The molecule has 1 atom stereocenters. The van der Waals surface area contributed by atoms with Crippen molar-refractivity contribution < 1.29 is 22.1 Å². The minimum atomic E-state index is -4.77. The Labute approximate surface area is 171 Å². The van der Waals surface area contributed by atoms with E-state index in [1.165, 1.54) is 30.3 Å². The second-order valence-corrected chi connectivity index (χ2v) is 8.25. The fourth-order valence-electron chi connectivity index (χ4n) is 2.56. The molecule has 6 radical (unpaired) electrons. The molecule has 6 nitrogen and oxygen atoms in total. The molecular formula is C17H11B3ClNO5S. The summed E-state index contributed by atoms with van der Waals surface area (Å²) in [5.74, 6) is -2.47. The van der Waals surface area contributed by atoms with Crippen molar-refractivity contribution in [3.63, 3.8) is 0 Å².